The number of anilines is 2. The third-order valence-corrected chi connectivity index (χ3v) is 3.52. The molecular weight excluding hydrogens is 368 g/mol. The summed E-state index contributed by atoms with van der Waals surface area (Å²) < 4.78 is 5.13. The topological polar surface area (TPSA) is 140 Å². The number of methoxy groups -OCH3 is 1. The van der Waals surface area contributed by atoms with Crippen LogP contribution in [0.2, 0.25) is 0 Å². The molecule has 0 atom stereocenters. The van der Waals surface area contributed by atoms with Crippen LogP contribution in [0, 0.1) is 10.1 Å². The van der Waals surface area contributed by atoms with Crippen LogP contribution in [0.25, 0.3) is 0 Å². The minimum atomic E-state index is -0.618. The number of rotatable bonds is 7. The van der Waals surface area contributed by atoms with Gasteiger partial charge in [-0.3, -0.25) is 24.5 Å². The Balaban J connectivity index is 1.98. The lowest BCUT2D eigenvalue weighted by molar-refractivity contribution is -0.384. The van der Waals surface area contributed by atoms with Gasteiger partial charge in [-0.15, -0.1) is 0 Å². The maximum Gasteiger partial charge on any atom is 0.270 e. The van der Waals surface area contributed by atoms with Crippen molar-refractivity contribution in [2.45, 2.75) is 6.92 Å². The third kappa shape index (κ3) is 5.53. The number of nitro groups is 1. The fourth-order valence-electron chi connectivity index (χ4n) is 2.30. The van der Waals surface area contributed by atoms with Crippen LogP contribution in [0.1, 0.15) is 17.3 Å². The summed E-state index contributed by atoms with van der Waals surface area (Å²) >= 11 is 0. The second-order valence-corrected chi connectivity index (χ2v) is 5.63. The van der Waals surface area contributed by atoms with Crippen LogP contribution in [0.15, 0.2) is 42.5 Å². The second-order valence-electron chi connectivity index (χ2n) is 5.63. The molecule has 146 valence electrons. The summed E-state index contributed by atoms with van der Waals surface area (Å²) in [5, 5.41) is 18.3. The Bertz CT molecular complexity index is 928. The lowest BCUT2D eigenvalue weighted by Gasteiger charge is -2.12. The number of non-ortho nitro benzene ring substituents is 1. The summed E-state index contributed by atoms with van der Waals surface area (Å²) in [6.45, 7) is 0.997. The van der Waals surface area contributed by atoms with Gasteiger partial charge in [0.15, 0.2) is 0 Å². The number of amides is 3. The van der Waals surface area contributed by atoms with Gasteiger partial charge in [-0.1, -0.05) is 6.07 Å². The number of carbonyl (C=O) groups is 3. The normalized spacial score (nSPS) is 9.93. The Labute approximate surface area is 160 Å². The molecule has 0 fully saturated rings. The van der Waals surface area contributed by atoms with Gasteiger partial charge in [0.05, 0.1) is 24.3 Å². The van der Waals surface area contributed by atoms with Crippen LogP contribution in [0.5, 0.6) is 5.75 Å². The van der Waals surface area contributed by atoms with Crippen molar-refractivity contribution in [3.8, 4) is 5.75 Å². The Morgan fingerprint density at radius 3 is 2.50 bits per heavy atom. The SMILES string of the molecule is COc1ccc(NC(=O)CNC(=O)c2cccc([N+](=O)[O-])c2)cc1NC(C)=O. The fraction of sp³-hybridized carbons (Fsp3) is 0.167. The van der Waals surface area contributed by atoms with Crippen molar-refractivity contribution in [2.24, 2.45) is 0 Å². The number of nitrogens with zero attached hydrogens (tertiary/aromatic N) is 1. The van der Waals surface area contributed by atoms with Crippen LogP contribution in [-0.2, 0) is 9.59 Å². The Kier molecular flexibility index (Phi) is 6.63. The zero-order valence-corrected chi connectivity index (χ0v) is 15.1. The van der Waals surface area contributed by atoms with Gasteiger partial charge in [-0.05, 0) is 24.3 Å². The van der Waals surface area contributed by atoms with Crippen molar-refractivity contribution in [1.29, 1.82) is 0 Å². The largest absolute Gasteiger partial charge is 0.495 e. The highest BCUT2D eigenvalue weighted by Crippen LogP contribution is 2.27. The zero-order chi connectivity index (χ0) is 20.7. The van der Waals surface area contributed by atoms with Gasteiger partial charge in [-0.25, -0.2) is 0 Å². The lowest BCUT2D eigenvalue weighted by atomic mass is 10.2. The first-order valence-corrected chi connectivity index (χ1v) is 8.08. The minimum Gasteiger partial charge on any atom is -0.495 e. The van der Waals surface area contributed by atoms with Crippen LogP contribution >= 0.6 is 0 Å². The minimum absolute atomic E-state index is 0.0689. The number of ether oxygens (including phenoxy) is 1. The van der Waals surface area contributed by atoms with Crippen molar-refractivity contribution >= 4 is 34.8 Å². The molecule has 0 heterocycles. The van der Waals surface area contributed by atoms with Gasteiger partial charge >= 0.3 is 0 Å². The number of hydrogen-bond donors (Lipinski definition) is 3. The van der Waals surface area contributed by atoms with Gasteiger partial charge in [0.2, 0.25) is 11.8 Å². The molecule has 2 aromatic rings. The van der Waals surface area contributed by atoms with Crippen molar-refractivity contribution < 1.29 is 24.0 Å². The van der Waals surface area contributed by atoms with Crippen molar-refractivity contribution in [1.82, 2.24) is 5.32 Å². The van der Waals surface area contributed by atoms with Gasteiger partial charge < -0.3 is 20.7 Å². The molecule has 0 unspecified atom stereocenters. The average molecular weight is 386 g/mol. The van der Waals surface area contributed by atoms with E-state index >= 15 is 0 Å². The molecule has 0 saturated carbocycles. The quantitative estimate of drug-likeness (QED) is 0.491. The van der Waals surface area contributed by atoms with E-state index in [0.29, 0.717) is 17.1 Å². The van der Waals surface area contributed by atoms with E-state index in [-0.39, 0.29) is 23.7 Å². The van der Waals surface area contributed by atoms with Gasteiger partial charge in [0, 0.05) is 30.3 Å². The summed E-state index contributed by atoms with van der Waals surface area (Å²) in [5.41, 5.74) is 0.618. The van der Waals surface area contributed by atoms with Gasteiger partial charge in [-0.2, -0.15) is 0 Å². The highest BCUT2D eigenvalue weighted by Gasteiger charge is 2.13. The van der Waals surface area contributed by atoms with E-state index in [9.17, 15) is 24.5 Å². The first-order valence-electron chi connectivity index (χ1n) is 8.08. The molecule has 2 aromatic carbocycles. The summed E-state index contributed by atoms with van der Waals surface area (Å²) in [6, 6.07) is 9.83. The zero-order valence-electron chi connectivity index (χ0n) is 15.1. The molecule has 10 nitrogen and oxygen atoms in total. The molecular formula is C18H18N4O6. The predicted octanol–water partition coefficient (Wildman–Crippen LogP) is 1.93. The number of nitro benzene ring substituents is 1. The van der Waals surface area contributed by atoms with E-state index < -0.39 is 16.7 Å². The molecule has 3 N–H and O–H groups in total. The Morgan fingerprint density at radius 1 is 1.11 bits per heavy atom. The standard InChI is InChI=1S/C18H18N4O6/c1-11(23)20-15-9-13(6-7-16(15)28-2)21-17(24)10-19-18(25)12-4-3-5-14(8-12)22(26)27/h3-9H,10H2,1-2H3,(H,19,25)(H,20,23)(H,21,24). The van der Waals surface area contributed by atoms with Gasteiger partial charge in [0.1, 0.15) is 5.75 Å². The molecule has 0 saturated heterocycles. The molecule has 2 rings (SSSR count). The first kappa shape index (κ1) is 20.4. The number of hydrogen-bond acceptors (Lipinski definition) is 6. The molecule has 3 amide bonds. The maximum absolute atomic E-state index is 12.1. The predicted molar refractivity (Wildman–Crippen MR) is 101 cm³/mol. The van der Waals surface area contributed by atoms with Crippen molar-refractivity contribution in [2.75, 3.05) is 24.3 Å². The van der Waals surface area contributed by atoms with E-state index in [1.54, 1.807) is 12.1 Å². The maximum atomic E-state index is 12.1. The molecule has 0 spiro atoms. The average Bonchev–Trinajstić information content (AvgIpc) is 2.66. The van der Waals surface area contributed by atoms with E-state index in [1.165, 1.54) is 38.3 Å². The van der Waals surface area contributed by atoms with Crippen LogP contribution in [0.4, 0.5) is 17.1 Å². The third-order valence-electron chi connectivity index (χ3n) is 3.52. The van der Waals surface area contributed by atoms with Crippen molar-refractivity contribution in [3.63, 3.8) is 0 Å². The summed E-state index contributed by atoms with van der Waals surface area (Å²) in [7, 11) is 1.45. The Morgan fingerprint density at radius 2 is 1.86 bits per heavy atom. The van der Waals surface area contributed by atoms with Crippen LogP contribution in [-0.4, -0.2) is 36.3 Å². The van der Waals surface area contributed by atoms with Gasteiger partial charge in [0.25, 0.3) is 11.6 Å². The molecule has 0 aromatic heterocycles. The van der Waals surface area contributed by atoms with Crippen molar-refractivity contribution in [3.05, 3.63) is 58.1 Å². The molecule has 0 aliphatic rings. The van der Waals surface area contributed by atoms with E-state index in [1.807, 2.05) is 0 Å². The number of nitrogens with one attached hydrogen (secondary N) is 3. The molecule has 10 heteroatoms. The van der Waals surface area contributed by atoms with E-state index in [0.717, 1.165) is 6.07 Å². The van der Waals surface area contributed by atoms with Crippen LogP contribution < -0.4 is 20.7 Å². The highest BCUT2D eigenvalue weighted by molar-refractivity contribution is 6.00. The Hall–Kier alpha value is -3.95. The molecule has 28 heavy (non-hydrogen) atoms. The summed E-state index contributed by atoms with van der Waals surface area (Å²) in [5.74, 6) is -1.01. The summed E-state index contributed by atoms with van der Waals surface area (Å²) in [6.07, 6.45) is 0. The fourth-order valence-corrected chi connectivity index (χ4v) is 2.30. The summed E-state index contributed by atoms with van der Waals surface area (Å²) in [4.78, 5) is 45.5. The first-order chi connectivity index (χ1) is 13.3. The molecule has 0 radical (unpaired) electrons. The van der Waals surface area contributed by atoms with E-state index in [2.05, 4.69) is 16.0 Å². The van der Waals surface area contributed by atoms with E-state index in [4.69, 9.17) is 4.74 Å². The number of benzene rings is 2. The number of carbonyl (C=O) groups excluding carboxylic acids is 3. The monoisotopic (exact) mass is 386 g/mol. The molecule has 0 bridgehead atoms. The molecule has 0 aliphatic carbocycles. The highest BCUT2D eigenvalue weighted by atomic mass is 16.6. The lowest BCUT2D eigenvalue weighted by Crippen LogP contribution is -2.32. The molecule has 0 aliphatic heterocycles. The smallest absolute Gasteiger partial charge is 0.270 e. The van der Waals surface area contributed by atoms with Crippen LogP contribution in [0.3, 0.4) is 0 Å². The second kappa shape index (κ2) is 9.12.